The number of nitrogens with zero attached hydrogens (tertiary/aromatic N) is 3. The van der Waals surface area contributed by atoms with Crippen LogP contribution in [0.2, 0.25) is 0 Å². The first-order valence-corrected chi connectivity index (χ1v) is 6.12. The van der Waals surface area contributed by atoms with E-state index in [4.69, 9.17) is 15.2 Å². The molecule has 0 aliphatic carbocycles. The summed E-state index contributed by atoms with van der Waals surface area (Å²) in [5.74, 6) is 0.888. The third kappa shape index (κ3) is 3.33. The van der Waals surface area contributed by atoms with E-state index in [9.17, 15) is 4.79 Å². The molecule has 2 rings (SSSR count). The molecule has 2 N–H and O–H groups in total. The topological polar surface area (TPSA) is 92.3 Å². The monoisotopic (exact) mass is 276 g/mol. The number of hydrogen-bond acceptors (Lipinski definition) is 6. The Bertz CT molecular complexity index is 627. The average molecular weight is 276 g/mol. The predicted octanol–water partition coefficient (Wildman–Crippen LogP) is 0.0327. The van der Waals surface area contributed by atoms with Crippen LogP contribution in [-0.4, -0.2) is 35.0 Å². The van der Waals surface area contributed by atoms with E-state index >= 15 is 0 Å². The maximum atomic E-state index is 11.9. The van der Waals surface area contributed by atoms with Crippen molar-refractivity contribution in [3.63, 3.8) is 0 Å². The van der Waals surface area contributed by atoms with Gasteiger partial charge in [0, 0.05) is 24.4 Å². The van der Waals surface area contributed by atoms with Gasteiger partial charge in [-0.3, -0.25) is 4.79 Å². The van der Waals surface area contributed by atoms with Crippen LogP contribution in [0.25, 0.3) is 0 Å². The average Bonchev–Trinajstić information content (AvgIpc) is 2.48. The standard InChI is InChI=1S/C13H16N4O3/c1-19-13-10(3-2-5-15-13)9-17-12(18)7-11(8-16-17)20-6-4-14/h2-3,5,7-8H,4,6,9,14H2,1H3. The highest BCUT2D eigenvalue weighted by Gasteiger charge is 2.07. The SMILES string of the molecule is COc1ncccc1Cn1ncc(OCCN)cc1=O. The lowest BCUT2D eigenvalue weighted by molar-refractivity contribution is 0.324. The van der Waals surface area contributed by atoms with E-state index in [-0.39, 0.29) is 12.1 Å². The van der Waals surface area contributed by atoms with E-state index in [1.54, 1.807) is 12.3 Å². The minimum absolute atomic E-state index is 0.259. The summed E-state index contributed by atoms with van der Waals surface area (Å²) in [6.45, 7) is 1.02. The molecular formula is C13H16N4O3. The van der Waals surface area contributed by atoms with Crippen LogP contribution in [0.4, 0.5) is 0 Å². The number of nitrogens with two attached hydrogens (primary N) is 1. The highest BCUT2D eigenvalue weighted by Crippen LogP contribution is 2.14. The summed E-state index contributed by atoms with van der Waals surface area (Å²) < 4.78 is 11.7. The van der Waals surface area contributed by atoms with Crippen LogP contribution in [0, 0.1) is 0 Å². The van der Waals surface area contributed by atoms with Gasteiger partial charge in [0.05, 0.1) is 19.9 Å². The van der Waals surface area contributed by atoms with Gasteiger partial charge in [0.15, 0.2) is 0 Å². The molecule has 0 aliphatic rings. The number of ether oxygens (including phenoxy) is 2. The number of rotatable bonds is 6. The van der Waals surface area contributed by atoms with Crippen LogP contribution >= 0.6 is 0 Å². The Balaban J connectivity index is 2.19. The Morgan fingerprint density at radius 3 is 3.00 bits per heavy atom. The fourth-order valence-electron chi connectivity index (χ4n) is 1.68. The van der Waals surface area contributed by atoms with Gasteiger partial charge in [0.1, 0.15) is 12.4 Å². The van der Waals surface area contributed by atoms with Crippen molar-refractivity contribution in [2.75, 3.05) is 20.3 Å². The van der Waals surface area contributed by atoms with Crippen LogP contribution in [-0.2, 0) is 6.54 Å². The second-order valence-corrected chi connectivity index (χ2v) is 4.00. The van der Waals surface area contributed by atoms with Crippen molar-refractivity contribution in [1.29, 1.82) is 0 Å². The number of hydrogen-bond donors (Lipinski definition) is 1. The zero-order valence-corrected chi connectivity index (χ0v) is 11.2. The lowest BCUT2D eigenvalue weighted by Gasteiger charge is -2.09. The Hall–Kier alpha value is -2.41. The minimum Gasteiger partial charge on any atom is -0.490 e. The molecule has 2 heterocycles. The maximum Gasteiger partial charge on any atom is 0.270 e. The smallest absolute Gasteiger partial charge is 0.270 e. The van der Waals surface area contributed by atoms with Gasteiger partial charge < -0.3 is 15.2 Å². The van der Waals surface area contributed by atoms with Crippen LogP contribution in [0.3, 0.4) is 0 Å². The van der Waals surface area contributed by atoms with Gasteiger partial charge in [-0.2, -0.15) is 5.10 Å². The van der Waals surface area contributed by atoms with Crippen LogP contribution in [0.1, 0.15) is 5.56 Å². The van der Waals surface area contributed by atoms with E-state index < -0.39 is 0 Å². The van der Waals surface area contributed by atoms with E-state index in [2.05, 4.69) is 10.1 Å². The summed E-state index contributed by atoms with van der Waals surface area (Å²) in [5.41, 5.74) is 5.85. The fourth-order valence-corrected chi connectivity index (χ4v) is 1.68. The van der Waals surface area contributed by atoms with Crippen LogP contribution < -0.4 is 20.8 Å². The normalized spacial score (nSPS) is 10.3. The van der Waals surface area contributed by atoms with Gasteiger partial charge in [0.2, 0.25) is 5.88 Å². The van der Waals surface area contributed by atoms with Crippen molar-refractivity contribution in [3.05, 3.63) is 46.5 Å². The molecular weight excluding hydrogens is 260 g/mol. The lowest BCUT2D eigenvalue weighted by atomic mass is 10.2. The summed E-state index contributed by atoms with van der Waals surface area (Å²) >= 11 is 0. The van der Waals surface area contributed by atoms with E-state index in [1.807, 2.05) is 6.07 Å². The molecule has 0 spiro atoms. The molecule has 0 atom stereocenters. The first kappa shape index (κ1) is 14.0. The molecule has 7 heteroatoms. The summed E-state index contributed by atoms with van der Waals surface area (Å²) in [6.07, 6.45) is 3.11. The van der Waals surface area contributed by atoms with E-state index in [0.717, 1.165) is 5.56 Å². The maximum absolute atomic E-state index is 11.9. The zero-order valence-electron chi connectivity index (χ0n) is 11.2. The van der Waals surface area contributed by atoms with Crippen molar-refractivity contribution >= 4 is 0 Å². The van der Waals surface area contributed by atoms with Crippen LogP contribution in [0.15, 0.2) is 35.4 Å². The Morgan fingerprint density at radius 1 is 1.45 bits per heavy atom. The lowest BCUT2D eigenvalue weighted by Crippen LogP contribution is -2.23. The molecule has 0 aromatic carbocycles. The summed E-state index contributed by atoms with van der Waals surface area (Å²) in [4.78, 5) is 16.0. The second-order valence-electron chi connectivity index (χ2n) is 4.00. The fraction of sp³-hybridized carbons (Fsp3) is 0.308. The quantitative estimate of drug-likeness (QED) is 0.800. The molecule has 2 aromatic rings. The molecule has 0 amide bonds. The molecule has 0 radical (unpaired) electrons. The Labute approximate surface area is 116 Å². The van der Waals surface area contributed by atoms with Gasteiger partial charge in [0.25, 0.3) is 5.56 Å². The molecule has 0 saturated heterocycles. The molecule has 0 bridgehead atoms. The van der Waals surface area contributed by atoms with Gasteiger partial charge in [-0.1, -0.05) is 6.07 Å². The first-order chi connectivity index (χ1) is 9.74. The molecule has 2 aromatic heterocycles. The van der Waals surface area contributed by atoms with Crippen molar-refractivity contribution < 1.29 is 9.47 Å². The van der Waals surface area contributed by atoms with Gasteiger partial charge in [-0.05, 0) is 6.07 Å². The predicted molar refractivity (Wildman–Crippen MR) is 72.9 cm³/mol. The summed E-state index contributed by atoms with van der Waals surface area (Å²) in [6, 6.07) is 4.99. The summed E-state index contributed by atoms with van der Waals surface area (Å²) in [7, 11) is 1.53. The van der Waals surface area contributed by atoms with E-state index in [0.29, 0.717) is 24.8 Å². The number of pyridine rings is 1. The Morgan fingerprint density at radius 2 is 2.30 bits per heavy atom. The molecule has 7 nitrogen and oxygen atoms in total. The largest absolute Gasteiger partial charge is 0.490 e. The first-order valence-electron chi connectivity index (χ1n) is 6.12. The zero-order chi connectivity index (χ0) is 14.4. The minimum atomic E-state index is -0.259. The molecule has 106 valence electrons. The van der Waals surface area contributed by atoms with Crippen molar-refractivity contribution in [1.82, 2.24) is 14.8 Å². The Kier molecular flexibility index (Phi) is 4.67. The van der Waals surface area contributed by atoms with Crippen LogP contribution in [0.5, 0.6) is 11.6 Å². The van der Waals surface area contributed by atoms with Gasteiger partial charge >= 0.3 is 0 Å². The van der Waals surface area contributed by atoms with E-state index in [1.165, 1.54) is 24.1 Å². The molecule has 0 fully saturated rings. The molecule has 0 aliphatic heterocycles. The van der Waals surface area contributed by atoms with Crippen molar-refractivity contribution in [2.24, 2.45) is 5.73 Å². The summed E-state index contributed by atoms with van der Waals surface area (Å²) in [5, 5.41) is 4.06. The molecule has 20 heavy (non-hydrogen) atoms. The molecule has 0 saturated carbocycles. The van der Waals surface area contributed by atoms with Gasteiger partial charge in [-0.25, -0.2) is 9.67 Å². The third-order valence-corrected chi connectivity index (χ3v) is 2.59. The third-order valence-electron chi connectivity index (χ3n) is 2.59. The number of methoxy groups -OCH3 is 1. The highest BCUT2D eigenvalue weighted by atomic mass is 16.5. The van der Waals surface area contributed by atoms with Crippen molar-refractivity contribution in [2.45, 2.75) is 6.54 Å². The molecule has 0 unspecified atom stereocenters. The van der Waals surface area contributed by atoms with Crippen molar-refractivity contribution in [3.8, 4) is 11.6 Å². The number of aromatic nitrogens is 3. The highest BCUT2D eigenvalue weighted by molar-refractivity contribution is 5.25. The second kappa shape index (κ2) is 6.67. The van der Waals surface area contributed by atoms with Gasteiger partial charge in [-0.15, -0.1) is 0 Å².